The van der Waals surface area contributed by atoms with Crippen molar-refractivity contribution >= 4 is 28.4 Å². The number of benzene rings is 2. The number of hydrogen-bond donors (Lipinski definition) is 2. The van der Waals surface area contributed by atoms with Crippen LogP contribution in [0.1, 0.15) is 25.7 Å². The van der Waals surface area contributed by atoms with Gasteiger partial charge >= 0.3 is 6.36 Å². The van der Waals surface area contributed by atoms with Crippen LogP contribution in [0.15, 0.2) is 48.5 Å². The minimum Gasteiger partial charge on any atom is -0.406 e. The van der Waals surface area contributed by atoms with Crippen LogP contribution in [0.3, 0.4) is 0 Å². The third kappa shape index (κ3) is 4.59. The summed E-state index contributed by atoms with van der Waals surface area (Å²) in [6, 6.07) is 12.3. The maximum absolute atomic E-state index is 12.7. The summed E-state index contributed by atoms with van der Waals surface area (Å²) in [7, 11) is 0. The van der Waals surface area contributed by atoms with Crippen LogP contribution in [0, 0.1) is 0 Å². The maximum Gasteiger partial charge on any atom is 0.573 e. The van der Waals surface area contributed by atoms with Gasteiger partial charge in [-0.2, -0.15) is 4.52 Å². The Kier molecular flexibility index (Phi) is 5.68. The lowest BCUT2D eigenvalue weighted by Crippen LogP contribution is -2.41. The van der Waals surface area contributed by atoms with Crippen LogP contribution in [-0.4, -0.2) is 44.4 Å². The molecule has 1 atom stereocenters. The molecule has 0 saturated carbocycles. The van der Waals surface area contributed by atoms with Gasteiger partial charge in [-0.15, -0.1) is 18.3 Å². The topological polar surface area (TPSA) is 93.4 Å². The van der Waals surface area contributed by atoms with Crippen molar-refractivity contribution in [3.05, 3.63) is 48.5 Å². The Morgan fingerprint density at radius 2 is 1.91 bits per heavy atom. The number of hydrogen-bond acceptors (Lipinski definition) is 6. The van der Waals surface area contributed by atoms with Gasteiger partial charge in [-0.05, 0) is 37.1 Å². The van der Waals surface area contributed by atoms with E-state index in [1.807, 2.05) is 24.3 Å². The summed E-state index contributed by atoms with van der Waals surface area (Å²) < 4.78 is 43.5. The zero-order valence-corrected chi connectivity index (χ0v) is 18.0. The molecular weight excluding hydrogens is 449 g/mol. The molecule has 1 fully saturated rings. The lowest BCUT2D eigenvalue weighted by molar-refractivity contribution is -0.274. The minimum atomic E-state index is -4.81. The largest absolute Gasteiger partial charge is 0.573 e. The molecule has 4 aromatic rings. The third-order valence-electron chi connectivity index (χ3n) is 5.59. The fourth-order valence-electron chi connectivity index (χ4n) is 4.01. The summed E-state index contributed by atoms with van der Waals surface area (Å²) in [4.78, 5) is 21.8. The molecule has 0 radical (unpaired) electrons. The molecule has 34 heavy (non-hydrogen) atoms. The Bertz CT molecular complexity index is 1350. The van der Waals surface area contributed by atoms with Gasteiger partial charge in [0.05, 0.1) is 5.52 Å². The van der Waals surface area contributed by atoms with Gasteiger partial charge in [-0.25, -0.2) is 9.97 Å². The quantitative estimate of drug-likeness (QED) is 0.462. The molecule has 0 aliphatic carbocycles. The van der Waals surface area contributed by atoms with Crippen molar-refractivity contribution in [1.29, 1.82) is 0 Å². The first-order valence-electron chi connectivity index (χ1n) is 10.9. The fourth-order valence-corrected chi connectivity index (χ4v) is 4.01. The lowest BCUT2D eigenvalue weighted by Gasteiger charge is -2.21. The Balaban J connectivity index is 1.58. The summed E-state index contributed by atoms with van der Waals surface area (Å²) in [5, 5.41) is 11.4. The predicted octanol–water partition coefficient (Wildman–Crippen LogP) is 4.31. The van der Waals surface area contributed by atoms with Crippen LogP contribution >= 0.6 is 0 Å². The Hall–Kier alpha value is -3.89. The molecule has 1 aliphatic rings. The molecule has 1 aliphatic heterocycles. The van der Waals surface area contributed by atoms with E-state index < -0.39 is 12.4 Å². The van der Waals surface area contributed by atoms with E-state index in [0.29, 0.717) is 35.6 Å². The van der Waals surface area contributed by atoms with Crippen molar-refractivity contribution in [2.24, 2.45) is 0 Å². The second-order valence-electron chi connectivity index (χ2n) is 8.04. The summed E-state index contributed by atoms with van der Waals surface area (Å²) in [5.41, 5.74) is 1.47. The molecule has 8 nitrogen and oxygen atoms in total. The van der Waals surface area contributed by atoms with E-state index in [9.17, 15) is 18.0 Å². The van der Waals surface area contributed by atoms with Gasteiger partial charge in [0.1, 0.15) is 11.8 Å². The van der Waals surface area contributed by atoms with Crippen LogP contribution < -0.4 is 15.4 Å². The highest BCUT2D eigenvalue weighted by Crippen LogP contribution is 2.29. The number of aromatic nitrogens is 4. The molecule has 1 amide bonds. The highest BCUT2D eigenvalue weighted by molar-refractivity contribution is 5.93. The Morgan fingerprint density at radius 3 is 2.76 bits per heavy atom. The molecule has 2 N–H and O–H groups in total. The summed E-state index contributed by atoms with van der Waals surface area (Å²) in [6.45, 7) is 0.626. The SMILES string of the molecule is O=C1NCCCCCC1Nc1nc2ccccc2c2nc(-c3cccc(OC(F)(F)F)c3)nn12. The molecule has 11 heteroatoms. The second-order valence-corrected chi connectivity index (χ2v) is 8.04. The van der Waals surface area contributed by atoms with Crippen molar-refractivity contribution in [2.45, 2.75) is 38.1 Å². The Morgan fingerprint density at radius 1 is 1.06 bits per heavy atom. The molecule has 0 spiro atoms. The zero-order valence-electron chi connectivity index (χ0n) is 18.0. The number of amides is 1. The van der Waals surface area contributed by atoms with Crippen molar-refractivity contribution in [1.82, 2.24) is 24.9 Å². The monoisotopic (exact) mass is 470 g/mol. The highest BCUT2D eigenvalue weighted by Gasteiger charge is 2.31. The van der Waals surface area contributed by atoms with E-state index in [-0.39, 0.29) is 17.5 Å². The van der Waals surface area contributed by atoms with Crippen molar-refractivity contribution in [3.8, 4) is 17.1 Å². The number of carbonyl (C=O) groups excluding carboxylic acids is 1. The number of nitrogens with zero attached hydrogens (tertiary/aromatic N) is 4. The average Bonchev–Trinajstić information content (AvgIpc) is 3.24. The van der Waals surface area contributed by atoms with Gasteiger partial charge in [0.15, 0.2) is 11.5 Å². The second kappa shape index (κ2) is 8.81. The van der Waals surface area contributed by atoms with Crippen molar-refractivity contribution < 1.29 is 22.7 Å². The highest BCUT2D eigenvalue weighted by atomic mass is 19.4. The van der Waals surface area contributed by atoms with Crippen LogP contribution in [0.4, 0.5) is 19.1 Å². The van der Waals surface area contributed by atoms with E-state index >= 15 is 0 Å². The molecule has 5 rings (SSSR count). The number of ether oxygens (including phenoxy) is 1. The zero-order chi connectivity index (χ0) is 23.7. The summed E-state index contributed by atoms with van der Waals surface area (Å²) >= 11 is 0. The molecule has 2 aromatic heterocycles. The molecular formula is C23H21F3N6O2. The Labute approximate surface area is 192 Å². The van der Waals surface area contributed by atoms with Crippen LogP contribution in [0.5, 0.6) is 5.75 Å². The van der Waals surface area contributed by atoms with Gasteiger partial charge in [-0.3, -0.25) is 4.79 Å². The number of alkyl halides is 3. The van der Waals surface area contributed by atoms with E-state index in [1.54, 1.807) is 6.07 Å². The van der Waals surface area contributed by atoms with E-state index in [4.69, 9.17) is 0 Å². The smallest absolute Gasteiger partial charge is 0.406 e. The van der Waals surface area contributed by atoms with Crippen molar-refractivity contribution in [2.75, 3.05) is 11.9 Å². The minimum absolute atomic E-state index is 0.111. The lowest BCUT2D eigenvalue weighted by atomic mass is 10.1. The number of fused-ring (bicyclic) bond motifs is 3. The number of rotatable bonds is 4. The third-order valence-corrected chi connectivity index (χ3v) is 5.59. The molecule has 1 unspecified atom stereocenters. The van der Waals surface area contributed by atoms with Crippen LogP contribution in [0.2, 0.25) is 0 Å². The van der Waals surface area contributed by atoms with Gasteiger partial charge in [0.2, 0.25) is 11.9 Å². The molecule has 176 valence electrons. The number of halogens is 3. The number of para-hydroxylation sites is 1. The standard InChI is InChI=1S/C23H21F3N6O2/c24-23(25,26)34-15-8-6-7-14(13-15)19-30-20-16-9-3-4-10-17(16)28-22(32(20)31-19)29-18-11-2-1-5-12-27-21(18)33/h3-4,6-10,13,18H,1-2,5,11-12H2,(H,27,33)(H,28,29). The van der Waals surface area contributed by atoms with Crippen LogP contribution in [-0.2, 0) is 4.79 Å². The number of carbonyl (C=O) groups is 1. The van der Waals surface area contributed by atoms with Crippen molar-refractivity contribution in [3.63, 3.8) is 0 Å². The van der Waals surface area contributed by atoms with E-state index in [0.717, 1.165) is 24.6 Å². The predicted molar refractivity (Wildman–Crippen MR) is 119 cm³/mol. The number of anilines is 1. The van der Waals surface area contributed by atoms with Crippen LogP contribution in [0.25, 0.3) is 27.9 Å². The average molecular weight is 470 g/mol. The fraction of sp³-hybridized carbons (Fsp3) is 0.304. The summed E-state index contributed by atoms with van der Waals surface area (Å²) in [6.07, 6.45) is -1.31. The first kappa shape index (κ1) is 21.9. The number of nitrogens with one attached hydrogen (secondary N) is 2. The van der Waals surface area contributed by atoms with Gasteiger partial charge in [-0.1, -0.05) is 37.1 Å². The molecule has 3 heterocycles. The van der Waals surface area contributed by atoms with E-state index in [2.05, 4.69) is 30.4 Å². The summed E-state index contributed by atoms with van der Waals surface area (Å²) in [5.74, 6) is 0.0587. The normalized spacial score (nSPS) is 17.3. The van der Waals surface area contributed by atoms with Gasteiger partial charge in [0, 0.05) is 17.5 Å². The molecule has 0 bridgehead atoms. The molecule has 1 saturated heterocycles. The van der Waals surface area contributed by atoms with Gasteiger partial charge < -0.3 is 15.4 Å². The van der Waals surface area contributed by atoms with Gasteiger partial charge in [0.25, 0.3) is 0 Å². The maximum atomic E-state index is 12.7. The van der Waals surface area contributed by atoms with E-state index in [1.165, 1.54) is 22.7 Å². The first-order chi connectivity index (χ1) is 16.4. The molecule has 2 aromatic carbocycles. The first-order valence-corrected chi connectivity index (χ1v) is 10.9.